The van der Waals surface area contributed by atoms with Gasteiger partial charge in [-0.3, -0.25) is 0 Å². The Hall–Kier alpha value is -2.49. The summed E-state index contributed by atoms with van der Waals surface area (Å²) in [5.41, 5.74) is 2.79. The first-order valence-electron chi connectivity index (χ1n) is 9.53. The van der Waals surface area contributed by atoms with Gasteiger partial charge in [-0.1, -0.05) is 43.5 Å². The predicted octanol–water partition coefficient (Wildman–Crippen LogP) is 5.91. The number of ether oxygens (including phenoxy) is 1. The molecule has 0 aromatic heterocycles. The van der Waals surface area contributed by atoms with E-state index in [2.05, 4.69) is 0 Å². The van der Waals surface area contributed by atoms with Crippen molar-refractivity contribution in [1.29, 1.82) is 0 Å². The Morgan fingerprint density at radius 1 is 0.889 bits per heavy atom. The third-order valence-corrected chi connectivity index (χ3v) is 5.04. The molecule has 1 aliphatic carbocycles. The fraction of sp³-hybridized carbons (Fsp3) is 0.348. The zero-order valence-electron chi connectivity index (χ0n) is 15.5. The van der Waals surface area contributed by atoms with Crippen molar-refractivity contribution < 1.29 is 18.3 Å². The van der Waals surface area contributed by atoms with Gasteiger partial charge >= 0.3 is 5.97 Å². The van der Waals surface area contributed by atoms with Crippen LogP contribution in [0.2, 0.25) is 0 Å². The molecule has 1 aliphatic rings. The molecule has 0 spiro atoms. The van der Waals surface area contributed by atoms with Crippen LogP contribution in [0.4, 0.5) is 8.78 Å². The van der Waals surface area contributed by atoms with Crippen LogP contribution in [0.5, 0.6) is 0 Å². The summed E-state index contributed by atoms with van der Waals surface area (Å²) in [5.74, 6) is -0.934. The highest BCUT2D eigenvalue weighted by molar-refractivity contribution is 6.02. The molecule has 1 saturated carbocycles. The van der Waals surface area contributed by atoms with E-state index < -0.39 is 0 Å². The molecular formula is C23H24F2O2. The molecule has 0 bridgehead atoms. The molecule has 3 rings (SSSR count). The minimum absolute atomic E-state index is 0.0860. The summed E-state index contributed by atoms with van der Waals surface area (Å²) in [4.78, 5) is 12.9. The molecule has 2 aromatic rings. The SMILES string of the molecule is CCOC(=O)C(=C(c1ccc(F)cc1)c1ccc(F)cc1)C1CCCCC1. The maximum atomic E-state index is 13.5. The van der Waals surface area contributed by atoms with Gasteiger partial charge in [0, 0.05) is 5.57 Å². The van der Waals surface area contributed by atoms with Crippen LogP contribution in [0.1, 0.15) is 50.2 Å². The Balaban J connectivity index is 2.21. The molecule has 4 heteroatoms. The van der Waals surface area contributed by atoms with Crippen LogP contribution in [0.15, 0.2) is 54.1 Å². The molecule has 2 aromatic carbocycles. The monoisotopic (exact) mass is 370 g/mol. The first-order valence-corrected chi connectivity index (χ1v) is 9.53. The first-order chi connectivity index (χ1) is 13.1. The molecular weight excluding hydrogens is 346 g/mol. The zero-order chi connectivity index (χ0) is 19.2. The summed E-state index contributed by atoms with van der Waals surface area (Å²) in [6, 6.07) is 12.2. The molecule has 1 fully saturated rings. The van der Waals surface area contributed by atoms with Crippen molar-refractivity contribution >= 4 is 11.5 Å². The van der Waals surface area contributed by atoms with E-state index in [0.29, 0.717) is 11.1 Å². The highest BCUT2D eigenvalue weighted by Crippen LogP contribution is 2.38. The largest absolute Gasteiger partial charge is 0.463 e. The smallest absolute Gasteiger partial charge is 0.334 e. The lowest BCUT2D eigenvalue weighted by atomic mass is 9.79. The number of esters is 1. The number of carbonyl (C=O) groups excluding carboxylic acids is 1. The van der Waals surface area contributed by atoms with Crippen LogP contribution in [0, 0.1) is 17.6 Å². The van der Waals surface area contributed by atoms with E-state index in [0.717, 1.165) is 43.2 Å². The topological polar surface area (TPSA) is 26.3 Å². The normalized spacial score (nSPS) is 14.6. The van der Waals surface area contributed by atoms with E-state index in [9.17, 15) is 13.6 Å². The highest BCUT2D eigenvalue weighted by Gasteiger charge is 2.29. The first kappa shape index (κ1) is 19.3. The average molecular weight is 370 g/mol. The molecule has 0 amide bonds. The van der Waals surface area contributed by atoms with Gasteiger partial charge < -0.3 is 4.74 Å². The van der Waals surface area contributed by atoms with Crippen molar-refractivity contribution in [2.24, 2.45) is 5.92 Å². The van der Waals surface area contributed by atoms with Crippen LogP contribution in [-0.4, -0.2) is 12.6 Å². The van der Waals surface area contributed by atoms with Gasteiger partial charge in [-0.25, -0.2) is 13.6 Å². The van der Waals surface area contributed by atoms with Gasteiger partial charge in [0.05, 0.1) is 6.61 Å². The average Bonchev–Trinajstić information content (AvgIpc) is 2.69. The minimum atomic E-state index is -0.340. The highest BCUT2D eigenvalue weighted by atomic mass is 19.1. The summed E-state index contributed by atoms with van der Waals surface area (Å²) >= 11 is 0. The Labute approximate surface area is 158 Å². The second-order valence-corrected chi connectivity index (χ2v) is 6.86. The summed E-state index contributed by atoms with van der Waals surface area (Å²) in [7, 11) is 0. The number of hydrogen-bond acceptors (Lipinski definition) is 2. The van der Waals surface area contributed by atoms with Crippen LogP contribution in [-0.2, 0) is 9.53 Å². The van der Waals surface area contributed by atoms with E-state index in [1.165, 1.54) is 24.3 Å². The summed E-state index contributed by atoms with van der Waals surface area (Å²) in [6.45, 7) is 2.07. The van der Waals surface area contributed by atoms with Crippen molar-refractivity contribution in [2.45, 2.75) is 39.0 Å². The molecule has 27 heavy (non-hydrogen) atoms. The summed E-state index contributed by atoms with van der Waals surface area (Å²) in [6.07, 6.45) is 5.12. The quantitative estimate of drug-likeness (QED) is 0.483. The lowest BCUT2D eigenvalue weighted by molar-refractivity contribution is -0.139. The number of halogens is 2. The zero-order valence-corrected chi connectivity index (χ0v) is 15.5. The third kappa shape index (κ3) is 4.62. The molecule has 0 unspecified atom stereocenters. The van der Waals surface area contributed by atoms with E-state index in [1.807, 2.05) is 0 Å². The molecule has 0 N–H and O–H groups in total. The van der Waals surface area contributed by atoms with Gasteiger partial charge in [0.15, 0.2) is 0 Å². The van der Waals surface area contributed by atoms with E-state index in [-0.39, 0.29) is 30.1 Å². The molecule has 0 atom stereocenters. The van der Waals surface area contributed by atoms with Crippen LogP contribution in [0.3, 0.4) is 0 Å². The maximum Gasteiger partial charge on any atom is 0.334 e. The number of carbonyl (C=O) groups is 1. The maximum absolute atomic E-state index is 13.5. The molecule has 0 heterocycles. The number of benzene rings is 2. The Bertz CT molecular complexity index is 754. The van der Waals surface area contributed by atoms with Gasteiger partial charge in [-0.15, -0.1) is 0 Å². The van der Waals surface area contributed by atoms with Crippen molar-refractivity contribution in [2.75, 3.05) is 6.61 Å². The van der Waals surface area contributed by atoms with Gasteiger partial charge in [0.25, 0.3) is 0 Å². The Morgan fingerprint density at radius 2 is 1.37 bits per heavy atom. The number of hydrogen-bond donors (Lipinski definition) is 0. The Kier molecular flexibility index (Phi) is 6.38. The molecule has 2 nitrogen and oxygen atoms in total. The van der Waals surface area contributed by atoms with Gasteiger partial charge in [-0.2, -0.15) is 0 Å². The standard InChI is InChI=1S/C23H24F2O2/c1-2-27-23(26)22(16-6-4-3-5-7-16)21(17-8-12-19(24)13-9-17)18-10-14-20(25)15-11-18/h8-16H,2-7H2,1H3. The van der Waals surface area contributed by atoms with Crippen molar-refractivity contribution in [3.63, 3.8) is 0 Å². The van der Waals surface area contributed by atoms with Crippen LogP contribution in [0.25, 0.3) is 5.57 Å². The third-order valence-electron chi connectivity index (χ3n) is 5.04. The molecule has 0 aliphatic heterocycles. The van der Waals surface area contributed by atoms with Gasteiger partial charge in [-0.05, 0) is 66.6 Å². The molecule has 0 saturated heterocycles. The van der Waals surface area contributed by atoms with E-state index >= 15 is 0 Å². The molecule has 142 valence electrons. The second kappa shape index (κ2) is 8.94. The fourth-order valence-corrected chi connectivity index (χ4v) is 3.78. The lowest BCUT2D eigenvalue weighted by Crippen LogP contribution is -2.20. The summed E-state index contributed by atoms with van der Waals surface area (Å²) < 4.78 is 32.4. The van der Waals surface area contributed by atoms with Crippen molar-refractivity contribution in [3.8, 4) is 0 Å². The van der Waals surface area contributed by atoms with E-state index in [4.69, 9.17) is 4.74 Å². The van der Waals surface area contributed by atoms with Crippen molar-refractivity contribution in [3.05, 3.63) is 76.9 Å². The molecule has 0 radical (unpaired) electrons. The summed E-state index contributed by atoms with van der Waals surface area (Å²) in [5, 5.41) is 0. The minimum Gasteiger partial charge on any atom is -0.463 e. The van der Waals surface area contributed by atoms with Crippen molar-refractivity contribution in [1.82, 2.24) is 0 Å². The van der Waals surface area contributed by atoms with Crippen LogP contribution < -0.4 is 0 Å². The van der Waals surface area contributed by atoms with Gasteiger partial charge in [0.2, 0.25) is 0 Å². The Morgan fingerprint density at radius 3 is 1.81 bits per heavy atom. The van der Waals surface area contributed by atoms with Gasteiger partial charge in [0.1, 0.15) is 11.6 Å². The van der Waals surface area contributed by atoms with E-state index in [1.54, 1.807) is 31.2 Å². The second-order valence-electron chi connectivity index (χ2n) is 6.86. The fourth-order valence-electron chi connectivity index (χ4n) is 3.78. The van der Waals surface area contributed by atoms with Crippen LogP contribution >= 0.6 is 0 Å². The lowest BCUT2D eigenvalue weighted by Gasteiger charge is -2.26. The predicted molar refractivity (Wildman–Crippen MR) is 102 cm³/mol. The number of rotatable bonds is 5.